The van der Waals surface area contributed by atoms with Crippen LogP contribution in [0.15, 0.2) is 47.3 Å². The van der Waals surface area contributed by atoms with E-state index in [1.54, 1.807) is 30.6 Å². The number of fused-ring (bicyclic) bond motifs is 1. The van der Waals surface area contributed by atoms with Gasteiger partial charge in [-0.2, -0.15) is 18.3 Å². The Kier molecular flexibility index (Phi) is 5.98. The van der Waals surface area contributed by atoms with E-state index in [9.17, 15) is 18.0 Å². The van der Waals surface area contributed by atoms with Crippen molar-refractivity contribution in [3.05, 3.63) is 75.5 Å². The molecular formula is C22H19F3N6OS. The van der Waals surface area contributed by atoms with Crippen molar-refractivity contribution >= 4 is 34.0 Å². The highest BCUT2D eigenvalue weighted by atomic mass is 32.1. The summed E-state index contributed by atoms with van der Waals surface area (Å²) in [5.74, 6) is 0.0924. The average Bonchev–Trinajstić information content (AvgIpc) is 3.32. The first-order valence-corrected chi connectivity index (χ1v) is 10.8. The molecule has 11 heteroatoms. The van der Waals surface area contributed by atoms with Crippen LogP contribution in [0.3, 0.4) is 0 Å². The first-order chi connectivity index (χ1) is 15.6. The maximum absolute atomic E-state index is 13.5. The highest BCUT2D eigenvalue weighted by Gasteiger charge is 2.33. The predicted octanol–water partition coefficient (Wildman–Crippen LogP) is 4.79. The number of nitrogens with zero attached hydrogens (tertiary/aromatic N) is 5. The van der Waals surface area contributed by atoms with E-state index in [1.165, 1.54) is 22.3 Å². The number of hydrogen-bond acceptors (Lipinski definition) is 7. The molecule has 4 aromatic rings. The van der Waals surface area contributed by atoms with Crippen LogP contribution in [0.2, 0.25) is 0 Å². The topological polar surface area (TPSA) is 97.9 Å². The summed E-state index contributed by atoms with van der Waals surface area (Å²) in [4.78, 5) is 23.7. The van der Waals surface area contributed by atoms with Crippen molar-refractivity contribution in [3.8, 4) is 0 Å². The highest BCUT2D eigenvalue weighted by Crippen LogP contribution is 2.28. The number of nitrogen functional groups attached to an aromatic ring is 1. The molecule has 1 atom stereocenters. The minimum absolute atomic E-state index is 0.0419. The van der Waals surface area contributed by atoms with Crippen LogP contribution in [-0.2, 0) is 12.7 Å². The molecular weight excluding hydrogens is 453 g/mol. The van der Waals surface area contributed by atoms with E-state index in [0.29, 0.717) is 22.6 Å². The number of hydrogen-bond donors (Lipinski definition) is 1. The molecule has 0 radical (unpaired) electrons. The number of aryl methyl sites for hydroxylation is 1. The minimum atomic E-state index is -4.59. The third-order valence-electron chi connectivity index (χ3n) is 5.24. The van der Waals surface area contributed by atoms with E-state index in [4.69, 9.17) is 5.73 Å². The number of thiazole rings is 1. The molecule has 0 saturated heterocycles. The quantitative estimate of drug-likeness (QED) is 0.448. The first-order valence-electron chi connectivity index (χ1n) is 9.89. The SMILES string of the molecule is Cc1cc2cc(C(=O)N(Cc3ccc(C(F)(F)F)nn3)[C@H](C)c3cscn3)ccc2nc1N. The lowest BCUT2D eigenvalue weighted by molar-refractivity contribution is -0.141. The number of aromatic nitrogens is 4. The van der Waals surface area contributed by atoms with Gasteiger partial charge in [-0.15, -0.1) is 16.4 Å². The molecule has 3 aromatic heterocycles. The lowest BCUT2D eigenvalue weighted by atomic mass is 10.1. The third-order valence-corrected chi connectivity index (χ3v) is 5.85. The molecule has 1 amide bonds. The molecule has 0 aliphatic heterocycles. The maximum atomic E-state index is 13.5. The second kappa shape index (κ2) is 8.74. The molecule has 0 spiro atoms. The smallest absolute Gasteiger partial charge is 0.383 e. The second-order valence-electron chi connectivity index (χ2n) is 7.53. The summed E-state index contributed by atoms with van der Waals surface area (Å²) in [6, 6.07) is 8.55. The number of carbonyl (C=O) groups excluding carboxylic acids is 1. The number of carbonyl (C=O) groups is 1. The lowest BCUT2D eigenvalue weighted by Crippen LogP contribution is -2.34. The molecule has 0 aliphatic carbocycles. The van der Waals surface area contributed by atoms with Crippen LogP contribution >= 0.6 is 11.3 Å². The minimum Gasteiger partial charge on any atom is -0.383 e. The Bertz CT molecular complexity index is 1290. The molecule has 2 N–H and O–H groups in total. The van der Waals surface area contributed by atoms with E-state index in [1.807, 2.05) is 18.4 Å². The van der Waals surface area contributed by atoms with E-state index >= 15 is 0 Å². The lowest BCUT2D eigenvalue weighted by Gasteiger charge is -2.28. The summed E-state index contributed by atoms with van der Waals surface area (Å²) in [6.07, 6.45) is -4.59. The summed E-state index contributed by atoms with van der Waals surface area (Å²) in [5, 5.41) is 9.53. The number of amides is 1. The van der Waals surface area contributed by atoms with E-state index in [-0.39, 0.29) is 18.1 Å². The van der Waals surface area contributed by atoms with Gasteiger partial charge in [0.25, 0.3) is 5.91 Å². The number of anilines is 1. The number of nitrogens with two attached hydrogens (primary N) is 1. The molecule has 0 saturated carbocycles. The van der Waals surface area contributed by atoms with Gasteiger partial charge in [-0.25, -0.2) is 9.97 Å². The van der Waals surface area contributed by atoms with Crippen LogP contribution in [0.1, 0.15) is 46.0 Å². The van der Waals surface area contributed by atoms with E-state index in [2.05, 4.69) is 20.2 Å². The summed E-state index contributed by atoms with van der Waals surface area (Å²) in [7, 11) is 0. The van der Waals surface area contributed by atoms with Gasteiger partial charge in [0.05, 0.1) is 35.0 Å². The van der Waals surface area contributed by atoms with Gasteiger partial charge in [-0.05, 0) is 55.8 Å². The highest BCUT2D eigenvalue weighted by molar-refractivity contribution is 7.07. The summed E-state index contributed by atoms with van der Waals surface area (Å²) >= 11 is 1.39. The molecule has 0 fully saturated rings. The number of rotatable bonds is 5. The maximum Gasteiger partial charge on any atom is 0.435 e. The van der Waals surface area contributed by atoms with Gasteiger partial charge in [0.15, 0.2) is 5.69 Å². The molecule has 1 aromatic carbocycles. The van der Waals surface area contributed by atoms with Crippen molar-refractivity contribution < 1.29 is 18.0 Å². The predicted molar refractivity (Wildman–Crippen MR) is 118 cm³/mol. The Morgan fingerprint density at radius 3 is 2.61 bits per heavy atom. The Hall–Kier alpha value is -3.60. The van der Waals surface area contributed by atoms with Crippen LogP contribution in [-0.4, -0.2) is 31.0 Å². The van der Waals surface area contributed by atoms with Gasteiger partial charge < -0.3 is 10.6 Å². The van der Waals surface area contributed by atoms with Gasteiger partial charge in [0.1, 0.15) is 5.82 Å². The van der Waals surface area contributed by atoms with Crippen LogP contribution < -0.4 is 5.73 Å². The van der Waals surface area contributed by atoms with Gasteiger partial charge in [0, 0.05) is 16.3 Å². The average molecular weight is 472 g/mol. The molecule has 0 aliphatic rings. The zero-order valence-electron chi connectivity index (χ0n) is 17.7. The van der Waals surface area contributed by atoms with Gasteiger partial charge in [-0.1, -0.05) is 0 Å². The van der Waals surface area contributed by atoms with Crippen LogP contribution in [0, 0.1) is 6.92 Å². The van der Waals surface area contributed by atoms with Gasteiger partial charge >= 0.3 is 6.18 Å². The number of alkyl halides is 3. The fourth-order valence-electron chi connectivity index (χ4n) is 3.34. The normalized spacial score (nSPS) is 12.6. The van der Waals surface area contributed by atoms with Crippen molar-refractivity contribution in [1.82, 2.24) is 25.1 Å². The molecule has 7 nitrogen and oxygen atoms in total. The molecule has 170 valence electrons. The summed E-state index contributed by atoms with van der Waals surface area (Å²) in [5.41, 5.74) is 9.18. The monoisotopic (exact) mass is 472 g/mol. The molecule has 0 unspecified atom stereocenters. The number of halogens is 3. The van der Waals surface area contributed by atoms with Crippen molar-refractivity contribution in [1.29, 1.82) is 0 Å². The summed E-state index contributed by atoms with van der Waals surface area (Å²) in [6.45, 7) is 3.59. The molecule has 3 heterocycles. The second-order valence-corrected chi connectivity index (χ2v) is 8.25. The van der Waals surface area contributed by atoms with Crippen LogP contribution in [0.4, 0.5) is 19.0 Å². The standard InChI is InChI=1S/C22H19F3N6OS/c1-12-7-15-8-14(3-5-17(15)28-20(12)26)21(32)31(13(2)18-10-33-11-27-18)9-16-4-6-19(30-29-16)22(23,24)25/h3-8,10-11,13H,9H2,1-2H3,(H2,26,28)/t13-/m1/s1. The van der Waals surface area contributed by atoms with Crippen molar-refractivity contribution in [2.45, 2.75) is 32.6 Å². The van der Waals surface area contributed by atoms with Crippen LogP contribution in [0.5, 0.6) is 0 Å². The van der Waals surface area contributed by atoms with Crippen molar-refractivity contribution in [2.24, 2.45) is 0 Å². The Morgan fingerprint density at radius 1 is 1.18 bits per heavy atom. The van der Waals surface area contributed by atoms with E-state index < -0.39 is 17.9 Å². The van der Waals surface area contributed by atoms with Crippen molar-refractivity contribution in [2.75, 3.05) is 5.73 Å². The Balaban J connectivity index is 1.69. The fourth-order valence-corrected chi connectivity index (χ4v) is 3.98. The van der Waals surface area contributed by atoms with Crippen LogP contribution in [0.25, 0.3) is 10.9 Å². The van der Waals surface area contributed by atoms with E-state index in [0.717, 1.165) is 17.0 Å². The third kappa shape index (κ3) is 4.77. The van der Waals surface area contributed by atoms with Gasteiger partial charge in [-0.3, -0.25) is 4.79 Å². The van der Waals surface area contributed by atoms with Gasteiger partial charge in [0.2, 0.25) is 0 Å². The fraction of sp³-hybridized carbons (Fsp3) is 0.227. The zero-order chi connectivity index (χ0) is 23.8. The number of pyridine rings is 1. The Labute approximate surface area is 191 Å². The number of benzene rings is 1. The molecule has 4 rings (SSSR count). The largest absolute Gasteiger partial charge is 0.435 e. The summed E-state index contributed by atoms with van der Waals surface area (Å²) < 4.78 is 38.5. The molecule has 0 bridgehead atoms. The zero-order valence-corrected chi connectivity index (χ0v) is 18.5. The Morgan fingerprint density at radius 2 is 1.97 bits per heavy atom. The molecule has 33 heavy (non-hydrogen) atoms. The van der Waals surface area contributed by atoms with Crippen molar-refractivity contribution in [3.63, 3.8) is 0 Å². The first kappa shape index (κ1) is 22.6.